The van der Waals surface area contributed by atoms with Gasteiger partial charge in [0.2, 0.25) is 0 Å². The Morgan fingerprint density at radius 1 is 0.453 bits per heavy atom. The fourth-order valence-electron chi connectivity index (χ4n) is 7.68. The molecule has 0 bridgehead atoms. The fraction of sp³-hybridized carbons (Fsp3) is 0.0213. The second-order valence-electron chi connectivity index (χ2n) is 13.4. The van der Waals surface area contributed by atoms with E-state index in [2.05, 4.69) is 109 Å². The van der Waals surface area contributed by atoms with Gasteiger partial charge in [-0.3, -0.25) is 0 Å². The van der Waals surface area contributed by atoms with E-state index in [0.717, 1.165) is 72.3 Å². The first-order chi connectivity index (χ1) is 26.2. The largest absolute Gasteiger partial charge is 0.455 e. The Morgan fingerprint density at radius 2 is 1.15 bits per heavy atom. The zero-order valence-electron chi connectivity index (χ0n) is 28.3. The molecule has 0 saturated carbocycles. The van der Waals surface area contributed by atoms with Crippen molar-refractivity contribution in [2.24, 2.45) is 0 Å². The van der Waals surface area contributed by atoms with Crippen LogP contribution in [-0.4, -0.2) is 19.9 Å². The number of benzene rings is 7. The molecule has 0 N–H and O–H groups in total. The van der Waals surface area contributed by atoms with Crippen molar-refractivity contribution in [3.05, 3.63) is 169 Å². The van der Waals surface area contributed by atoms with E-state index in [1.165, 1.54) is 27.0 Å². The Hall–Kier alpha value is -6.76. The number of furan rings is 1. The molecule has 5 nitrogen and oxygen atoms in total. The van der Waals surface area contributed by atoms with Crippen LogP contribution in [0.2, 0.25) is 0 Å². The molecule has 0 amide bonds. The van der Waals surface area contributed by atoms with E-state index in [1.54, 1.807) is 11.3 Å². The molecule has 10 aromatic rings. The Balaban J connectivity index is 1.07. The number of hydrogen-bond acceptors (Lipinski definition) is 6. The molecule has 3 aromatic heterocycles. The summed E-state index contributed by atoms with van der Waals surface area (Å²) in [7, 11) is 0. The Kier molecular flexibility index (Phi) is 6.72. The molecule has 0 saturated heterocycles. The van der Waals surface area contributed by atoms with Gasteiger partial charge in [-0.2, -0.15) is 0 Å². The second-order valence-corrected chi connectivity index (χ2v) is 14.4. The molecule has 248 valence electrons. The highest BCUT2D eigenvalue weighted by Gasteiger charge is 2.22. The molecule has 1 aliphatic carbocycles. The van der Waals surface area contributed by atoms with Crippen LogP contribution in [0, 0.1) is 0 Å². The number of nitrogens with zero attached hydrogens (tertiary/aromatic N) is 4. The quantitative estimate of drug-likeness (QED) is 0.179. The third kappa shape index (κ3) is 4.99. The molecule has 0 atom stereocenters. The van der Waals surface area contributed by atoms with Crippen molar-refractivity contribution in [3.8, 4) is 67.0 Å². The van der Waals surface area contributed by atoms with Crippen molar-refractivity contribution in [1.29, 1.82) is 0 Å². The third-order valence-electron chi connectivity index (χ3n) is 10.2. The maximum absolute atomic E-state index is 6.72. The van der Waals surface area contributed by atoms with E-state index in [9.17, 15) is 0 Å². The summed E-state index contributed by atoms with van der Waals surface area (Å²) in [6.07, 6.45) is 0.938. The number of para-hydroxylation sites is 2. The molecule has 0 unspecified atom stereocenters. The van der Waals surface area contributed by atoms with Crippen molar-refractivity contribution in [2.75, 3.05) is 0 Å². The smallest absolute Gasteiger partial charge is 0.164 e. The van der Waals surface area contributed by atoms with E-state index in [-0.39, 0.29) is 0 Å². The van der Waals surface area contributed by atoms with Gasteiger partial charge in [-0.25, -0.2) is 19.9 Å². The average molecular weight is 697 g/mol. The van der Waals surface area contributed by atoms with E-state index in [1.807, 2.05) is 48.5 Å². The van der Waals surface area contributed by atoms with Crippen LogP contribution < -0.4 is 0 Å². The topological polar surface area (TPSA) is 64.7 Å². The number of rotatable bonds is 5. The zero-order chi connectivity index (χ0) is 34.9. The van der Waals surface area contributed by atoms with Crippen LogP contribution >= 0.6 is 11.3 Å². The average Bonchev–Trinajstić information content (AvgIpc) is 3.94. The summed E-state index contributed by atoms with van der Waals surface area (Å²) in [5.74, 6) is 1.87. The Labute approximate surface area is 308 Å². The second kappa shape index (κ2) is 11.9. The van der Waals surface area contributed by atoms with Gasteiger partial charge in [0.05, 0.1) is 10.2 Å². The molecule has 11 rings (SSSR count). The van der Waals surface area contributed by atoms with Crippen molar-refractivity contribution in [2.45, 2.75) is 6.42 Å². The highest BCUT2D eigenvalue weighted by atomic mass is 32.1. The number of hydrogen-bond donors (Lipinski definition) is 0. The van der Waals surface area contributed by atoms with Crippen LogP contribution in [0.1, 0.15) is 11.1 Å². The lowest BCUT2D eigenvalue weighted by Gasteiger charge is -2.10. The van der Waals surface area contributed by atoms with Gasteiger partial charge in [-0.05, 0) is 64.6 Å². The minimum absolute atomic E-state index is 0.603. The molecule has 7 aromatic carbocycles. The highest BCUT2D eigenvalue weighted by Crippen LogP contribution is 2.42. The molecule has 0 aliphatic heterocycles. The van der Waals surface area contributed by atoms with E-state index < -0.39 is 0 Å². The van der Waals surface area contributed by atoms with Gasteiger partial charge >= 0.3 is 0 Å². The van der Waals surface area contributed by atoms with Gasteiger partial charge < -0.3 is 4.42 Å². The van der Waals surface area contributed by atoms with E-state index in [4.69, 9.17) is 24.4 Å². The third-order valence-corrected chi connectivity index (χ3v) is 11.3. The lowest BCUT2D eigenvalue weighted by Crippen LogP contribution is -2.00. The molecule has 6 heteroatoms. The lowest BCUT2D eigenvalue weighted by atomic mass is 9.99. The van der Waals surface area contributed by atoms with Gasteiger partial charge in [-0.15, -0.1) is 11.3 Å². The monoisotopic (exact) mass is 696 g/mol. The van der Waals surface area contributed by atoms with E-state index in [0.29, 0.717) is 17.5 Å². The van der Waals surface area contributed by atoms with Gasteiger partial charge in [0.1, 0.15) is 16.2 Å². The molecule has 1 aliphatic rings. The standard InChI is InChI=1S/C47H28N4OS/c1-2-11-28(12-3-1)44-49-45(32-24-23-31-25-29-13-4-5-16-34(29)38(31)27-32)51-46(50-44)37-19-10-21-40-42(37)36-18-9-17-35(43(36)52-40)30-14-8-15-33(26-30)47-48-39-20-6-7-22-41(39)53-47/h1-24,26-27H,25H2. The van der Waals surface area contributed by atoms with Gasteiger partial charge in [0.25, 0.3) is 0 Å². The minimum atomic E-state index is 0.603. The van der Waals surface area contributed by atoms with Crippen LogP contribution in [0.15, 0.2) is 162 Å². The summed E-state index contributed by atoms with van der Waals surface area (Å²) in [6, 6.07) is 54.7. The fourth-order valence-corrected chi connectivity index (χ4v) is 8.64. The van der Waals surface area contributed by atoms with Crippen molar-refractivity contribution >= 4 is 43.5 Å². The van der Waals surface area contributed by atoms with Gasteiger partial charge in [0.15, 0.2) is 17.5 Å². The van der Waals surface area contributed by atoms with Crippen LogP contribution in [0.25, 0.3) is 99.1 Å². The SMILES string of the molecule is c1ccc(-c2nc(-c3ccc4c(c3)-c3ccccc3C4)nc(-c3cccc4oc5c(-c6cccc(-c7nc8ccccc8s7)c6)cccc5c34)n2)cc1. The molecular weight excluding hydrogens is 669 g/mol. The molecule has 0 spiro atoms. The maximum atomic E-state index is 6.72. The van der Waals surface area contributed by atoms with Crippen molar-refractivity contribution in [3.63, 3.8) is 0 Å². The number of thiazole rings is 1. The van der Waals surface area contributed by atoms with Gasteiger partial charge in [-0.1, -0.05) is 127 Å². The van der Waals surface area contributed by atoms with Crippen molar-refractivity contribution in [1.82, 2.24) is 19.9 Å². The Morgan fingerprint density at radius 3 is 2.08 bits per heavy atom. The van der Waals surface area contributed by atoms with Crippen LogP contribution in [0.5, 0.6) is 0 Å². The molecule has 53 heavy (non-hydrogen) atoms. The van der Waals surface area contributed by atoms with Gasteiger partial charge in [0, 0.05) is 38.6 Å². The van der Waals surface area contributed by atoms with E-state index >= 15 is 0 Å². The minimum Gasteiger partial charge on any atom is -0.455 e. The lowest BCUT2D eigenvalue weighted by molar-refractivity contribution is 0.670. The van der Waals surface area contributed by atoms with Crippen LogP contribution in [-0.2, 0) is 6.42 Å². The summed E-state index contributed by atoms with van der Waals surface area (Å²) >= 11 is 1.71. The molecule has 0 radical (unpaired) electrons. The zero-order valence-corrected chi connectivity index (χ0v) is 29.1. The summed E-state index contributed by atoms with van der Waals surface area (Å²) in [5, 5.41) is 2.99. The summed E-state index contributed by atoms with van der Waals surface area (Å²) in [4.78, 5) is 20.3. The van der Waals surface area contributed by atoms with Crippen LogP contribution in [0.3, 0.4) is 0 Å². The Bertz CT molecular complexity index is 3020. The molecule has 0 fully saturated rings. The first-order valence-corrected chi connectivity index (χ1v) is 18.5. The normalized spacial score (nSPS) is 12.1. The summed E-state index contributed by atoms with van der Waals surface area (Å²) < 4.78 is 7.90. The molecule has 3 heterocycles. The summed E-state index contributed by atoms with van der Waals surface area (Å²) in [6.45, 7) is 0. The van der Waals surface area contributed by atoms with Crippen molar-refractivity contribution < 1.29 is 4.42 Å². The predicted octanol–water partition coefficient (Wildman–Crippen LogP) is 12.3. The summed E-state index contributed by atoms with van der Waals surface area (Å²) in [5.41, 5.74) is 13.8. The number of aromatic nitrogens is 4. The first-order valence-electron chi connectivity index (χ1n) is 17.7. The first kappa shape index (κ1) is 29.9. The number of fused-ring (bicyclic) bond motifs is 7. The maximum Gasteiger partial charge on any atom is 0.164 e. The predicted molar refractivity (Wildman–Crippen MR) is 216 cm³/mol. The molecular formula is C47H28N4OS. The highest BCUT2D eigenvalue weighted by molar-refractivity contribution is 7.21. The van der Waals surface area contributed by atoms with Crippen LogP contribution in [0.4, 0.5) is 0 Å².